The van der Waals surface area contributed by atoms with Crippen LogP contribution in [0.1, 0.15) is 23.3 Å². The van der Waals surface area contributed by atoms with Crippen LogP contribution in [0.4, 0.5) is 5.69 Å². The lowest BCUT2D eigenvalue weighted by Crippen LogP contribution is -2.40. The summed E-state index contributed by atoms with van der Waals surface area (Å²) in [6.07, 6.45) is 5.06. The second-order valence-electron chi connectivity index (χ2n) is 7.73. The molecule has 160 valence electrons. The van der Waals surface area contributed by atoms with Gasteiger partial charge in [0.25, 0.3) is 0 Å². The van der Waals surface area contributed by atoms with Crippen LogP contribution in [-0.4, -0.2) is 29.8 Å². The topological polar surface area (TPSA) is 75.4 Å². The van der Waals surface area contributed by atoms with Crippen molar-refractivity contribution in [2.45, 2.75) is 19.4 Å². The highest BCUT2D eigenvalue weighted by Gasteiger charge is 2.24. The maximum Gasteiger partial charge on any atom is 0.248 e. The van der Waals surface area contributed by atoms with Gasteiger partial charge in [0.15, 0.2) is 0 Å². The van der Waals surface area contributed by atoms with E-state index in [0.717, 1.165) is 45.6 Å². The number of primary amides is 1. The zero-order valence-electron chi connectivity index (χ0n) is 17.0. The summed E-state index contributed by atoms with van der Waals surface area (Å²) in [5.41, 5.74) is 7.27. The molecule has 0 bridgehead atoms. The van der Waals surface area contributed by atoms with E-state index >= 15 is 0 Å². The minimum Gasteiger partial charge on any atom is -0.369 e. The van der Waals surface area contributed by atoms with Crippen LogP contribution in [0.5, 0.6) is 0 Å². The molecular formula is C24H24ClN3O2S. The average Bonchev–Trinajstić information content (AvgIpc) is 3.10. The van der Waals surface area contributed by atoms with Gasteiger partial charge in [-0.05, 0) is 43.2 Å². The zero-order valence-corrected chi connectivity index (χ0v) is 18.6. The first kappa shape index (κ1) is 21.6. The van der Waals surface area contributed by atoms with E-state index in [1.54, 1.807) is 17.4 Å². The number of hydrogen-bond acceptors (Lipinski definition) is 4. The van der Waals surface area contributed by atoms with E-state index < -0.39 is 0 Å². The van der Waals surface area contributed by atoms with Crippen molar-refractivity contribution in [2.75, 3.05) is 18.4 Å². The molecule has 1 saturated heterocycles. The van der Waals surface area contributed by atoms with Crippen molar-refractivity contribution in [3.63, 3.8) is 0 Å². The van der Waals surface area contributed by atoms with E-state index in [9.17, 15) is 9.59 Å². The van der Waals surface area contributed by atoms with Gasteiger partial charge in [0.2, 0.25) is 11.8 Å². The molecule has 1 unspecified atom stereocenters. The fourth-order valence-electron chi connectivity index (χ4n) is 3.92. The van der Waals surface area contributed by atoms with E-state index in [-0.39, 0.29) is 17.7 Å². The summed E-state index contributed by atoms with van der Waals surface area (Å²) in [7, 11) is 0. The molecule has 3 N–H and O–H groups in total. The summed E-state index contributed by atoms with van der Waals surface area (Å²) in [6.45, 7) is 2.23. The molecule has 7 heteroatoms. The van der Waals surface area contributed by atoms with Gasteiger partial charge < -0.3 is 11.1 Å². The van der Waals surface area contributed by atoms with Gasteiger partial charge in [-0.15, -0.1) is 11.3 Å². The van der Waals surface area contributed by atoms with Crippen molar-refractivity contribution in [1.82, 2.24) is 4.90 Å². The third kappa shape index (κ3) is 5.15. The van der Waals surface area contributed by atoms with Gasteiger partial charge in [-0.1, -0.05) is 48.0 Å². The highest BCUT2D eigenvalue weighted by Crippen LogP contribution is 2.36. The normalized spacial score (nSPS) is 17.3. The third-order valence-corrected chi connectivity index (χ3v) is 7.18. The molecule has 2 heterocycles. The Labute approximate surface area is 190 Å². The summed E-state index contributed by atoms with van der Waals surface area (Å²) in [5.74, 6) is -0.560. The summed E-state index contributed by atoms with van der Waals surface area (Å²) in [5, 5.41) is 4.64. The van der Waals surface area contributed by atoms with E-state index in [4.69, 9.17) is 17.3 Å². The van der Waals surface area contributed by atoms with E-state index in [0.29, 0.717) is 18.1 Å². The van der Waals surface area contributed by atoms with Crippen LogP contribution in [0.2, 0.25) is 5.02 Å². The van der Waals surface area contributed by atoms with Crippen molar-refractivity contribution in [3.05, 3.63) is 70.1 Å². The molecule has 31 heavy (non-hydrogen) atoms. The van der Waals surface area contributed by atoms with Crippen LogP contribution in [0.3, 0.4) is 0 Å². The Morgan fingerprint density at radius 1 is 1.19 bits per heavy atom. The van der Waals surface area contributed by atoms with E-state index in [1.165, 1.54) is 6.08 Å². The first-order valence-corrected chi connectivity index (χ1v) is 11.5. The smallest absolute Gasteiger partial charge is 0.248 e. The number of amides is 2. The molecule has 2 aromatic carbocycles. The predicted octanol–water partition coefficient (Wildman–Crippen LogP) is 4.90. The van der Waals surface area contributed by atoms with Gasteiger partial charge >= 0.3 is 0 Å². The molecular weight excluding hydrogens is 430 g/mol. The van der Waals surface area contributed by atoms with E-state index in [1.807, 2.05) is 48.5 Å². The van der Waals surface area contributed by atoms with E-state index in [2.05, 4.69) is 10.2 Å². The summed E-state index contributed by atoms with van der Waals surface area (Å²) in [4.78, 5) is 27.2. The SMILES string of the molecule is NC(=O)C1CCCN(Cc2ccccc2NC(=O)/C=C/c2sc3ccccc3c2Cl)C1. The highest BCUT2D eigenvalue weighted by molar-refractivity contribution is 7.20. The van der Waals surface area contributed by atoms with Gasteiger partial charge in [0.1, 0.15) is 0 Å². The van der Waals surface area contributed by atoms with Crippen LogP contribution < -0.4 is 11.1 Å². The van der Waals surface area contributed by atoms with Gasteiger partial charge in [0, 0.05) is 39.8 Å². The summed E-state index contributed by atoms with van der Waals surface area (Å²) < 4.78 is 1.09. The Hall–Kier alpha value is -2.67. The number of carbonyl (C=O) groups excluding carboxylic acids is 2. The Morgan fingerprint density at radius 2 is 1.97 bits per heavy atom. The first-order valence-electron chi connectivity index (χ1n) is 10.3. The number of anilines is 1. The van der Waals surface area contributed by atoms with Gasteiger partial charge in [0.05, 0.1) is 10.9 Å². The minimum atomic E-state index is -0.240. The number of likely N-dealkylation sites (tertiary alicyclic amines) is 1. The average molecular weight is 454 g/mol. The monoisotopic (exact) mass is 453 g/mol. The van der Waals surface area contributed by atoms with Gasteiger partial charge in [-0.2, -0.15) is 0 Å². The van der Waals surface area contributed by atoms with Crippen molar-refractivity contribution in [3.8, 4) is 0 Å². The Morgan fingerprint density at radius 3 is 2.77 bits per heavy atom. The fourth-order valence-corrected chi connectivity index (χ4v) is 5.32. The lowest BCUT2D eigenvalue weighted by atomic mass is 9.97. The largest absolute Gasteiger partial charge is 0.369 e. The maximum absolute atomic E-state index is 12.6. The van der Waals surface area contributed by atoms with Gasteiger partial charge in [-0.25, -0.2) is 0 Å². The molecule has 0 saturated carbocycles. The number of para-hydroxylation sites is 1. The summed E-state index contributed by atoms with van der Waals surface area (Å²) in [6, 6.07) is 15.7. The van der Waals surface area contributed by atoms with Crippen LogP contribution >= 0.6 is 22.9 Å². The second-order valence-corrected chi connectivity index (χ2v) is 9.19. The number of nitrogens with one attached hydrogen (secondary N) is 1. The molecule has 5 nitrogen and oxygen atoms in total. The molecule has 3 aromatic rings. The van der Waals surface area contributed by atoms with Crippen LogP contribution in [0.25, 0.3) is 16.2 Å². The lowest BCUT2D eigenvalue weighted by molar-refractivity contribution is -0.123. The molecule has 4 rings (SSSR count). The minimum absolute atomic E-state index is 0.107. The van der Waals surface area contributed by atoms with Crippen LogP contribution in [0, 0.1) is 5.92 Å². The lowest BCUT2D eigenvalue weighted by Gasteiger charge is -2.31. The van der Waals surface area contributed by atoms with Crippen molar-refractivity contribution >= 4 is 56.6 Å². The molecule has 1 fully saturated rings. The van der Waals surface area contributed by atoms with Crippen LogP contribution in [0.15, 0.2) is 54.6 Å². The standard InChI is InChI=1S/C24H24ClN3O2S/c25-23-18-8-2-4-10-20(18)31-21(23)11-12-22(29)27-19-9-3-1-6-16(19)14-28-13-5-7-17(15-28)24(26)30/h1-4,6,8-12,17H,5,7,13-15H2,(H2,26,30)(H,27,29)/b12-11+. The molecule has 1 aliphatic heterocycles. The Kier molecular flexibility index (Phi) is 6.70. The number of rotatable bonds is 6. The number of benzene rings is 2. The molecule has 0 aliphatic carbocycles. The molecule has 1 aliphatic rings. The molecule has 2 amide bonds. The first-order chi connectivity index (χ1) is 15.0. The zero-order chi connectivity index (χ0) is 21.8. The predicted molar refractivity (Wildman–Crippen MR) is 128 cm³/mol. The number of thiophene rings is 1. The van der Waals surface area contributed by atoms with Crippen molar-refractivity contribution in [1.29, 1.82) is 0 Å². The third-order valence-electron chi connectivity index (χ3n) is 5.52. The quantitative estimate of drug-likeness (QED) is 0.521. The number of carbonyl (C=O) groups is 2. The van der Waals surface area contributed by atoms with Gasteiger partial charge in [-0.3, -0.25) is 14.5 Å². The summed E-state index contributed by atoms with van der Waals surface area (Å²) >= 11 is 8.02. The molecule has 1 atom stereocenters. The number of fused-ring (bicyclic) bond motifs is 1. The molecule has 1 aromatic heterocycles. The van der Waals surface area contributed by atoms with Crippen molar-refractivity contribution < 1.29 is 9.59 Å². The Balaban J connectivity index is 1.44. The number of nitrogens with zero attached hydrogens (tertiary/aromatic N) is 1. The second kappa shape index (κ2) is 9.64. The van der Waals surface area contributed by atoms with Crippen LogP contribution in [-0.2, 0) is 16.1 Å². The molecule has 0 spiro atoms. The number of nitrogens with two attached hydrogens (primary N) is 1. The molecule has 0 radical (unpaired) electrons. The number of hydrogen-bond donors (Lipinski definition) is 2. The van der Waals surface area contributed by atoms with Crippen molar-refractivity contribution in [2.24, 2.45) is 11.7 Å². The number of halogens is 1. The number of piperidine rings is 1. The maximum atomic E-state index is 12.6. The fraction of sp³-hybridized carbons (Fsp3) is 0.250. The Bertz CT molecular complexity index is 1140. The highest BCUT2D eigenvalue weighted by atomic mass is 35.5.